The standard InChI is InChI=1S/C22H28N4O4/c1-29-21(17-6-3-2-4-7-17)22(28)25-9-5-8-18(16-25)26-20(27)14-19(15-23-26)24-10-12-30-13-11-24/h2-4,6-7,14-15,18,21H,5,8-13,16H2,1H3/t18-,21-/m1/s1. The van der Waals surface area contributed by atoms with Crippen LogP contribution in [0.25, 0.3) is 0 Å². The van der Waals surface area contributed by atoms with Crippen LogP contribution in [0.1, 0.15) is 30.6 Å². The van der Waals surface area contributed by atoms with E-state index in [9.17, 15) is 9.59 Å². The minimum absolute atomic E-state index is 0.0774. The molecule has 0 saturated carbocycles. The molecule has 2 aliphatic heterocycles. The Morgan fingerprint density at radius 1 is 1.20 bits per heavy atom. The molecule has 0 radical (unpaired) electrons. The fourth-order valence-corrected chi connectivity index (χ4v) is 4.20. The maximum absolute atomic E-state index is 13.1. The molecule has 2 aliphatic rings. The van der Waals surface area contributed by atoms with Crippen LogP contribution in [0.3, 0.4) is 0 Å². The van der Waals surface area contributed by atoms with Gasteiger partial charge in [0, 0.05) is 39.4 Å². The molecule has 0 aliphatic carbocycles. The zero-order chi connectivity index (χ0) is 20.9. The summed E-state index contributed by atoms with van der Waals surface area (Å²) in [7, 11) is 1.55. The SMILES string of the molecule is CO[C@@H](C(=O)N1CCC[C@@H](n2ncc(N3CCOCC3)cc2=O)C1)c1ccccc1. The van der Waals surface area contributed by atoms with Gasteiger partial charge in [0.25, 0.3) is 11.5 Å². The van der Waals surface area contributed by atoms with E-state index in [1.54, 1.807) is 24.3 Å². The minimum Gasteiger partial charge on any atom is -0.378 e. The molecule has 2 atom stereocenters. The average Bonchev–Trinajstić information content (AvgIpc) is 2.81. The number of hydrogen-bond acceptors (Lipinski definition) is 6. The van der Waals surface area contributed by atoms with Crippen LogP contribution in [0.5, 0.6) is 0 Å². The van der Waals surface area contributed by atoms with Crippen LogP contribution in [0.4, 0.5) is 5.69 Å². The second kappa shape index (κ2) is 9.40. The van der Waals surface area contributed by atoms with E-state index in [-0.39, 0.29) is 17.5 Å². The molecule has 160 valence electrons. The molecule has 3 heterocycles. The molecule has 1 amide bonds. The van der Waals surface area contributed by atoms with Crippen molar-refractivity contribution >= 4 is 11.6 Å². The van der Waals surface area contributed by atoms with Gasteiger partial charge in [0.05, 0.1) is 31.1 Å². The van der Waals surface area contributed by atoms with E-state index in [0.717, 1.165) is 37.2 Å². The normalized spacial score (nSPS) is 20.8. The van der Waals surface area contributed by atoms with Crippen molar-refractivity contribution in [2.45, 2.75) is 25.0 Å². The topological polar surface area (TPSA) is 76.9 Å². The van der Waals surface area contributed by atoms with Crippen LogP contribution < -0.4 is 10.5 Å². The van der Waals surface area contributed by atoms with E-state index >= 15 is 0 Å². The Hall–Kier alpha value is -2.71. The first kappa shape index (κ1) is 20.6. The number of ether oxygens (including phenoxy) is 2. The number of aromatic nitrogens is 2. The number of carbonyl (C=O) groups excluding carboxylic acids is 1. The van der Waals surface area contributed by atoms with E-state index in [0.29, 0.717) is 26.3 Å². The Bertz CT molecular complexity index is 911. The van der Waals surface area contributed by atoms with Gasteiger partial charge < -0.3 is 19.3 Å². The summed E-state index contributed by atoms with van der Waals surface area (Å²) in [6.45, 7) is 3.94. The predicted octanol–water partition coefficient (Wildman–Crippen LogP) is 1.63. The zero-order valence-corrected chi connectivity index (χ0v) is 17.3. The van der Waals surface area contributed by atoms with Gasteiger partial charge in [-0.15, -0.1) is 0 Å². The van der Waals surface area contributed by atoms with Crippen molar-refractivity contribution in [2.75, 3.05) is 51.4 Å². The summed E-state index contributed by atoms with van der Waals surface area (Å²) in [6.07, 6.45) is 2.74. The van der Waals surface area contributed by atoms with Crippen LogP contribution in [0, 0.1) is 0 Å². The maximum Gasteiger partial charge on any atom is 0.269 e. The van der Waals surface area contributed by atoms with Gasteiger partial charge in [-0.1, -0.05) is 30.3 Å². The van der Waals surface area contributed by atoms with Crippen molar-refractivity contribution in [2.24, 2.45) is 0 Å². The smallest absolute Gasteiger partial charge is 0.269 e. The number of benzene rings is 1. The first-order valence-corrected chi connectivity index (χ1v) is 10.5. The molecule has 30 heavy (non-hydrogen) atoms. The Kier molecular flexibility index (Phi) is 6.44. The largest absolute Gasteiger partial charge is 0.378 e. The zero-order valence-electron chi connectivity index (χ0n) is 17.3. The summed E-state index contributed by atoms with van der Waals surface area (Å²) in [4.78, 5) is 29.8. The van der Waals surface area contributed by atoms with Crippen LogP contribution in [0.2, 0.25) is 0 Å². The highest BCUT2D eigenvalue weighted by atomic mass is 16.5. The second-order valence-electron chi connectivity index (χ2n) is 7.70. The van der Waals surface area contributed by atoms with Gasteiger partial charge in [-0.2, -0.15) is 5.10 Å². The van der Waals surface area contributed by atoms with Gasteiger partial charge in [0.2, 0.25) is 0 Å². The molecular formula is C22H28N4O4. The minimum atomic E-state index is -0.640. The molecule has 2 aromatic rings. The first-order chi connectivity index (χ1) is 14.7. The molecule has 1 aromatic heterocycles. The number of rotatable bonds is 5. The number of amides is 1. The highest BCUT2D eigenvalue weighted by Gasteiger charge is 2.31. The lowest BCUT2D eigenvalue weighted by atomic mass is 10.0. The number of likely N-dealkylation sites (tertiary alicyclic amines) is 1. The fraction of sp³-hybridized carbons (Fsp3) is 0.500. The summed E-state index contributed by atoms with van der Waals surface area (Å²) >= 11 is 0. The number of piperidine rings is 1. The van der Waals surface area contributed by atoms with Crippen LogP contribution in [0.15, 0.2) is 47.4 Å². The third-order valence-electron chi connectivity index (χ3n) is 5.80. The van der Waals surface area contributed by atoms with Gasteiger partial charge >= 0.3 is 0 Å². The third-order valence-corrected chi connectivity index (χ3v) is 5.80. The Balaban J connectivity index is 1.48. The van der Waals surface area contributed by atoms with Crippen molar-refractivity contribution in [3.63, 3.8) is 0 Å². The molecule has 4 rings (SSSR count). The molecule has 8 nitrogen and oxygen atoms in total. The number of nitrogens with zero attached hydrogens (tertiary/aromatic N) is 4. The lowest BCUT2D eigenvalue weighted by Gasteiger charge is -2.35. The maximum atomic E-state index is 13.1. The van der Waals surface area contributed by atoms with Crippen molar-refractivity contribution in [3.05, 3.63) is 58.5 Å². The van der Waals surface area contributed by atoms with E-state index in [4.69, 9.17) is 9.47 Å². The summed E-state index contributed by atoms with van der Waals surface area (Å²) in [5.74, 6) is -0.0774. The van der Waals surface area contributed by atoms with Gasteiger partial charge in [0.15, 0.2) is 6.10 Å². The lowest BCUT2D eigenvalue weighted by Crippen LogP contribution is -2.45. The predicted molar refractivity (Wildman–Crippen MR) is 113 cm³/mol. The van der Waals surface area contributed by atoms with Crippen LogP contribution >= 0.6 is 0 Å². The van der Waals surface area contributed by atoms with Crippen LogP contribution in [-0.4, -0.2) is 67.1 Å². The number of morpholine rings is 1. The number of methoxy groups -OCH3 is 1. The third kappa shape index (κ3) is 4.39. The van der Waals surface area contributed by atoms with Gasteiger partial charge in [0.1, 0.15) is 0 Å². The summed E-state index contributed by atoms with van der Waals surface area (Å²) in [5, 5.41) is 4.45. The van der Waals surface area contributed by atoms with E-state index in [1.165, 1.54) is 4.68 Å². The van der Waals surface area contributed by atoms with Crippen molar-refractivity contribution in [3.8, 4) is 0 Å². The summed E-state index contributed by atoms with van der Waals surface area (Å²) in [6, 6.07) is 11.0. The molecule has 0 unspecified atom stereocenters. The van der Waals surface area contributed by atoms with Gasteiger partial charge in [-0.05, 0) is 18.4 Å². The summed E-state index contributed by atoms with van der Waals surface area (Å²) in [5.41, 5.74) is 1.52. The molecule has 2 fully saturated rings. The molecule has 0 N–H and O–H groups in total. The second-order valence-corrected chi connectivity index (χ2v) is 7.70. The van der Waals surface area contributed by atoms with Crippen molar-refractivity contribution in [1.82, 2.24) is 14.7 Å². The van der Waals surface area contributed by atoms with E-state index < -0.39 is 6.10 Å². The van der Waals surface area contributed by atoms with E-state index in [2.05, 4.69) is 10.00 Å². The highest BCUT2D eigenvalue weighted by Crippen LogP contribution is 2.25. The monoisotopic (exact) mass is 412 g/mol. The van der Waals surface area contributed by atoms with Gasteiger partial charge in [-0.3, -0.25) is 9.59 Å². The lowest BCUT2D eigenvalue weighted by molar-refractivity contribution is -0.144. The van der Waals surface area contributed by atoms with Crippen LogP contribution in [-0.2, 0) is 14.3 Å². The Morgan fingerprint density at radius 2 is 1.97 bits per heavy atom. The molecule has 1 aromatic carbocycles. The van der Waals surface area contributed by atoms with Crippen molar-refractivity contribution in [1.29, 1.82) is 0 Å². The molecule has 8 heteroatoms. The van der Waals surface area contributed by atoms with Crippen molar-refractivity contribution < 1.29 is 14.3 Å². The highest BCUT2D eigenvalue weighted by molar-refractivity contribution is 5.82. The quantitative estimate of drug-likeness (QED) is 0.743. The first-order valence-electron chi connectivity index (χ1n) is 10.5. The average molecular weight is 412 g/mol. The number of anilines is 1. The van der Waals surface area contributed by atoms with Gasteiger partial charge in [-0.25, -0.2) is 4.68 Å². The fourth-order valence-electron chi connectivity index (χ4n) is 4.20. The Morgan fingerprint density at radius 3 is 2.67 bits per heavy atom. The summed E-state index contributed by atoms with van der Waals surface area (Å²) < 4.78 is 12.4. The Labute approximate surface area is 176 Å². The molecular weight excluding hydrogens is 384 g/mol. The number of carbonyl (C=O) groups is 1. The molecule has 0 bridgehead atoms. The molecule has 0 spiro atoms. The van der Waals surface area contributed by atoms with E-state index in [1.807, 2.05) is 30.3 Å². The molecule has 2 saturated heterocycles. The number of hydrogen-bond donors (Lipinski definition) is 0.